The SMILES string of the molecule is O=C(CCl)Cc1cc(Br)ccc1O. The van der Waals surface area contributed by atoms with Crippen LogP contribution in [0.5, 0.6) is 5.75 Å². The van der Waals surface area contributed by atoms with Gasteiger partial charge >= 0.3 is 0 Å². The van der Waals surface area contributed by atoms with Crippen LogP contribution < -0.4 is 0 Å². The maximum absolute atomic E-state index is 11.0. The summed E-state index contributed by atoms with van der Waals surface area (Å²) in [5.41, 5.74) is 0.597. The minimum atomic E-state index is -0.102. The van der Waals surface area contributed by atoms with E-state index in [-0.39, 0.29) is 23.8 Å². The number of aromatic hydroxyl groups is 1. The molecule has 0 atom stereocenters. The second-order valence-corrected chi connectivity index (χ2v) is 3.81. The molecule has 1 N–H and O–H groups in total. The van der Waals surface area contributed by atoms with E-state index in [1.807, 2.05) is 0 Å². The van der Waals surface area contributed by atoms with Crippen LogP contribution in [0, 0.1) is 0 Å². The third-order valence-electron chi connectivity index (χ3n) is 1.58. The number of phenolic OH excluding ortho intramolecular Hbond substituents is 1. The molecule has 0 spiro atoms. The van der Waals surface area contributed by atoms with E-state index in [4.69, 9.17) is 11.6 Å². The van der Waals surface area contributed by atoms with Gasteiger partial charge in [-0.3, -0.25) is 4.79 Å². The van der Waals surface area contributed by atoms with Crippen LogP contribution in [0.1, 0.15) is 5.56 Å². The molecular weight excluding hydrogens is 255 g/mol. The molecule has 70 valence electrons. The topological polar surface area (TPSA) is 37.3 Å². The minimum Gasteiger partial charge on any atom is -0.508 e. The van der Waals surface area contributed by atoms with Crippen molar-refractivity contribution in [1.29, 1.82) is 0 Å². The predicted octanol–water partition coefficient (Wildman–Crippen LogP) is 2.51. The molecule has 0 radical (unpaired) electrons. The number of alkyl halides is 1. The van der Waals surface area contributed by atoms with E-state index in [1.54, 1.807) is 18.2 Å². The van der Waals surface area contributed by atoms with Gasteiger partial charge in [0.05, 0.1) is 5.88 Å². The van der Waals surface area contributed by atoms with Gasteiger partial charge in [0, 0.05) is 16.5 Å². The molecule has 0 aliphatic rings. The summed E-state index contributed by atoms with van der Waals surface area (Å²) in [6.07, 6.45) is 0.175. The van der Waals surface area contributed by atoms with Gasteiger partial charge in [0.1, 0.15) is 5.75 Å². The first-order valence-electron chi connectivity index (χ1n) is 3.68. The van der Waals surface area contributed by atoms with E-state index in [0.29, 0.717) is 5.56 Å². The number of halogens is 2. The van der Waals surface area contributed by atoms with Crippen LogP contribution in [-0.4, -0.2) is 16.8 Å². The zero-order chi connectivity index (χ0) is 9.84. The number of ketones is 1. The number of benzene rings is 1. The van der Waals surface area contributed by atoms with Gasteiger partial charge in [0.2, 0.25) is 0 Å². The maximum Gasteiger partial charge on any atom is 0.152 e. The van der Waals surface area contributed by atoms with Gasteiger partial charge in [-0.25, -0.2) is 0 Å². The standard InChI is InChI=1S/C9H8BrClO2/c10-7-1-2-9(13)6(3-7)4-8(12)5-11/h1-3,13H,4-5H2. The summed E-state index contributed by atoms with van der Waals surface area (Å²) in [6.45, 7) is 0. The molecule has 0 saturated heterocycles. The zero-order valence-electron chi connectivity index (χ0n) is 6.76. The monoisotopic (exact) mass is 262 g/mol. The van der Waals surface area contributed by atoms with E-state index in [0.717, 1.165) is 4.47 Å². The fourth-order valence-corrected chi connectivity index (χ4v) is 1.46. The summed E-state index contributed by atoms with van der Waals surface area (Å²) >= 11 is 8.60. The first-order chi connectivity index (χ1) is 6.13. The summed E-state index contributed by atoms with van der Waals surface area (Å²) in [5.74, 6) is 0.00288. The Balaban J connectivity index is 2.87. The van der Waals surface area contributed by atoms with Gasteiger partial charge in [-0.2, -0.15) is 0 Å². The quantitative estimate of drug-likeness (QED) is 0.851. The molecule has 0 amide bonds. The highest BCUT2D eigenvalue weighted by Crippen LogP contribution is 2.22. The average molecular weight is 264 g/mol. The van der Waals surface area contributed by atoms with E-state index >= 15 is 0 Å². The second kappa shape index (κ2) is 4.63. The molecule has 1 aromatic rings. The summed E-state index contributed by atoms with van der Waals surface area (Å²) in [7, 11) is 0. The summed E-state index contributed by atoms with van der Waals surface area (Å²) in [5, 5.41) is 9.36. The number of carbonyl (C=O) groups excluding carboxylic acids is 1. The minimum absolute atomic E-state index is 0.0219. The van der Waals surface area contributed by atoms with Crippen LogP contribution >= 0.6 is 27.5 Å². The molecule has 0 fully saturated rings. The molecule has 1 rings (SSSR count). The number of rotatable bonds is 3. The van der Waals surface area contributed by atoms with Gasteiger partial charge < -0.3 is 5.11 Å². The Bertz CT molecular complexity index is 325. The first kappa shape index (κ1) is 10.5. The van der Waals surface area contributed by atoms with Crippen molar-refractivity contribution in [2.24, 2.45) is 0 Å². The van der Waals surface area contributed by atoms with Crippen LogP contribution in [-0.2, 0) is 11.2 Å². The fraction of sp³-hybridized carbons (Fsp3) is 0.222. The third kappa shape index (κ3) is 3.01. The lowest BCUT2D eigenvalue weighted by molar-refractivity contribution is -0.116. The van der Waals surface area contributed by atoms with Crippen LogP contribution in [0.15, 0.2) is 22.7 Å². The average Bonchev–Trinajstić information content (AvgIpc) is 2.11. The molecule has 13 heavy (non-hydrogen) atoms. The molecule has 0 heterocycles. The van der Waals surface area contributed by atoms with Gasteiger partial charge in [-0.05, 0) is 18.2 Å². The highest BCUT2D eigenvalue weighted by molar-refractivity contribution is 9.10. The van der Waals surface area contributed by atoms with Gasteiger partial charge in [0.15, 0.2) is 5.78 Å². The normalized spacial score (nSPS) is 10.0. The zero-order valence-corrected chi connectivity index (χ0v) is 9.10. The Morgan fingerprint density at radius 1 is 1.54 bits per heavy atom. The smallest absolute Gasteiger partial charge is 0.152 e. The van der Waals surface area contributed by atoms with Crippen molar-refractivity contribution in [3.05, 3.63) is 28.2 Å². The lowest BCUT2D eigenvalue weighted by Gasteiger charge is -2.02. The van der Waals surface area contributed by atoms with Crippen LogP contribution in [0.3, 0.4) is 0 Å². The van der Waals surface area contributed by atoms with E-state index in [2.05, 4.69) is 15.9 Å². The molecule has 4 heteroatoms. The van der Waals surface area contributed by atoms with Crippen LogP contribution in [0.2, 0.25) is 0 Å². The Morgan fingerprint density at radius 3 is 2.85 bits per heavy atom. The molecule has 2 nitrogen and oxygen atoms in total. The van der Waals surface area contributed by atoms with Crippen molar-refractivity contribution in [2.75, 3.05) is 5.88 Å². The van der Waals surface area contributed by atoms with Gasteiger partial charge in [-0.15, -0.1) is 11.6 Å². The third-order valence-corrected chi connectivity index (χ3v) is 2.37. The Kier molecular flexibility index (Phi) is 3.75. The highest BCUT2D eigenvalue weighted by atomic mass is 79.9. The van der Waals surface area contributed by atoms with Crippen molar-refractivity contribution in [3.8, 4) is 5.75 Å². The van der Waals surface area contributed by atoms with Crippen molar-refractivity contribution < 1.29 is 9.90 Å². The summed E-state index contributed by atoms with van der Waals surface area (Å²) in [6, 6.07) is 4.96. The largest absolute Gasteiger partial charge is 0.508 e. The maximum atomic E-state index is 11.0. The van der Waals surface area contributed by atoms with E-state index < -0.39 is 0 Å². The lowest BCUT2D eigenvalue weighted by Crippen LogP contribution is -2.03. The van der Waals surface area contributed by atoms with E-state index in [1.165, 1.54) is 0 Å². The lowest BCUT2D eigenvalue weighted by atomic mass is 10.1. The molecule has 0 aliphatic carbocycles. The number of hydrogen-bond donors (Lipinski definition) is 1. The number of hydrogen-bond acceptors (Lipinski definition) is 2. The Morgan fingerprint density at radius 2 is 2.23 bits per heavy atom. The first-order valence-corrected chi connectivity index (χ1v) is 5.01. The molecular formula is C9H8BrClO2. The second-order valence-electron chi connectivity index (χ2n) is 2.62. The number of phenols is 1. The predicted molar refractivity (Wildman–Crippen MR) is 55.2 cm³/mol. The van der Waals surface area contributed by atoms with Crippen LogP contribution in [0.4, 0.5) is 0 Å². The molecule has 0 unspecified atom stereocenters. The highest BCUT2D eigenvalue weighted by Gasteiger charge is 2.06. The molecule has 0 aromatic heterocycles. The molecule has 0 aliphatic heterocycles. The Labute approximate surface area is 89.7 Å². The molecule has 0 bridgehead atoms. The van der Waals surface area contributed by atoms with Crippen molar-refractivity contribution >= 4 is 33.3 Å². The van der Waals surface area contributed by atoms with Crippen LogP contribution in [0.25, 0.3) is 0 Å². The molecule has 0 saturated carbocycles. The van der Waals surface area contributed by atoms with Crippen molar-refractivity contribution in [3.63, 3.8) is 0 Å². The number of Topliss-reactive ketones (excluding diaryl/α,β-unsaturated/α-hetero) is 1. The summed E-state index contributed by atoms with van der Waals surface area (Å²) in [4.78, 5) is 11.0. The fourth-order valence-electron chi connectivity index (χ4n) is 0.955. The number of carbonyl (C=O) groups is 1. The van der Waals surface area contributed by atoms with Gasteiger partial charge in [0.25, 0.3) is 0 Å². The van der Waals surface area contributed by atoms with E-state index in [9.17, 15) is 9.90 Å². The Hall–Kier alpha value is -0.540. The van der Waals surface area contributed by atoms with Crippen molar-refractivity contribution in [2.45, 2.75) is 6.42 Å². The van der Waals surface area contributed by atoms with Gasteiger partial charge in [-0.1, -0.05) is 15.9 Å². The molecule has 1 aromatic carbocycles. The van der Waals surface area contributed by atoms with Crippen molar-refractivity contribution in [1.82, 2.24) is 0 Å². The summed E-state index contributed by atoms with van der Waals surface area (Å²) < 4.78 is 0.836.